The zero-order valence-electron chi connectivity index (χ0n) is 28.9. The highest BCUT2D eigenvalue weighted by Gasteiger charge is 2.41. The van der Waals surface area contributed by atoms with E-state index in [1.54, 1.807) is 17.3 Å². The van der Waals surface area contributed by atoms with Crippen LogP contribution in [0.2, 0.25) is 5.02 Å². The van der Waals surface area contributed by atoms with E-state index in [0.29, 0.717) is 37.3 Å². The molecule has 4 aromatic rings. The number of aromatic nitrogens is 1. The molecule has 2 heterocycles. The first kappa shape index (κ1) is 35.1. The molecule has 1 aliphatic heterocycles. The maximum atomic E-state index is 14.3. The minimum Gasteiger partial charge on any atom is -0.460 e. The molecular formula is C41H44ClN3O5. The van der Waals surface area contributed by atoms with Crippen molar-refractivity contribution in [3.63, 3.8) is 0 Å². The molecule has 0 unspecified atom stereocenters. The molecule has 0 saturated carbocycles. The van der Waals surface area contributed by atoms with Crippen LogP contribution in [0.3, 0.4) is 0 Å². The van der Waals surface area contributed by atoms with Crippen molar-refractivity contribution in [2.75, 3.05) is 19.7 Å². The molecule has 260 valence electrons. The van der Waals surface area contributed by atoms with E-state index in [1.165, 1.54) is 0 Å². The van der Waals surface area contributed by atoms with Crippen molar-refractivity contribution in [1.82, 2.24) is 15.2 Å². The Morgan fingerprint density at radius 1 is 0.940 bits per heavy atom. The van der Waals surface area contributed by atoms with Gasteiger partial charge in [0.2, 0.25) is 5.91 Å². The standard InChI is InChI=1S/C41H44ClN3O5/c1-40(2,3)50-37(46)23-30(22-29-10-8-20-43-25-29)38(47)45-21-9-19-41(27-45,24-28-15-17-31(42)18-16-28)44-39(48)49-26-36-34-13-6-4-11-32(34)33-12-5-7-14-35(33)36/h4-8,10-18,20,25,30,36H,9,19,21-24,26-27H2,1-3H3,(H,44,48)/t30-,41-/m1/s1. The summed E-state index contributed by atoms with van der Waals surface area (Å²) in [5, 5.41) is 3.84. The number of halogens is 1. The zero-order chi connectivity index (χ0) is 35.3. The summed E-state index contributed by atoms with van der Waals surface area (Å²) in [7, 11) is 0. The summed E-state index contributed by atoms with van der Waals surface area (Å²) < 4.78 is 11.6. The Hall–Kier alpha value is -4.69. The number of pyridine rings is 1. The number of rotatable bonds is 10. The molecular weight excluding hydrogens is 650 g/mol. The van der Waals surface area contributed by atoms with E-state index in [2.05, 4.69) is 34.6 Å². The molecule has 1 aromatic heterocycles. The van der Waals surface area contributed by atoms with Crippen LogP contribution in [0.5, 0.6) is 0 Å². The zero-order valence-corrected chi connectivity index (χ0v) is 29.6. The van der Waals surface area contributed by atoms with E-state index >= 15 is 0 Å². The van der Waals surface area contributed by atoms with E-state index in [1.807, 2.05) is 81.4 Å². The Balaban J connectivity index is 1.22. The summed E-state index contributed by atoms with van der Waals surface area (Å²) >= 11 is 6.21. The number of hydrogen-bond acceptors (Lipinski definition) is 6. The molecule has 6 rings (SSSR count). The summed E-state index contributed by atoms with van der Waals surface area (Å²) in [6.45, 7) is 6.39. The fraction of sp³-hybridized carbons (Fsp3) is 0.366. The van der Waals surface area contributed by atoms with Crippen molar-refractivity contribution in [3.05, 3.63) is 125 Å². The van der Waals surface area contributed by atoms with Gasteiger partial charge in [0.05, 0.1) is 17.9 Å². The summed E-state index contributed by atoms with van der Waals surface area (Å²) in [4.78, 5) is 47.1. The Kier molecular flexibility index (Phi) is 10.6. The number of amides is 2. The highest BCUT2D eigenvalue weighted by molar-refractivity contribution is 6.30. The van der Waals surface area contributed by atoms with Gasteiger partial charge in [0.1, 0.15) is 12.2 Å². The molecule has 0 spiro atoms. The lowest BCUT2D eigenvalue weighted by atomic mass is 9.82. The number of carbonyl (C=O) groups excluding carboxylic acids is 3. The van der Waals surface area contributed by atoms with Gasteiger partial charge in [-0.2, -0.15) is 0 Å². The molecule has 1 saturated heterocycles. The minimum atomic E-state index is -0.810. The molecule has 0 bridgehead atoms. The Morgan fingerprint density at radius 2 is 1.62 bits per heavy atom. The smallest absolute Gasteiger partial charge is 0.407 e. The molecule has 1 fully saturated rings. The Morgan fingerprint density at radius 3 is 2.26 bits per heavy atom. The van der Waals surface area contributed by atoms with E-state index in [4.69, 9.17) is 21.1 Å². The number of piperidine rings is 1. The number of alkyl carbamates (subject to hydrolysis) is 1. The fourth-order valence-corrected chi connectivity index (χ4v) is 7.47. The molecule has 8 nitrogen and oxygen atoms in total. The summed E-state index contributed by atoms with van der Waals surface area (Å²) in [5.74, 6) is -1.32. The number of ether oxygens (including phenoxy) is 2. The second kappa shape index (κ2) is 15.1. The third-order valence-corrected chi connectivity index (χ3v) is 9.69. The second-order valence-electron chi connectivity index (χ2n) is 14.5. The van der Waals surface area contributed by atoms with Crippen LogP contribution in [0.25, 0.3) is 11.1 Å². The van der Waals surface area contributed by atoms with E-state index < -0.39 is 29.1 Å². The number of hydrogen-bond donors (Lipinski definition) is 1. The van der Waals surface area contributed by atoms with Crippen LogP contribution in [-0.4, -0.2) is 58.7 Å². The highest BCUT2D eigenvalue weighted by atomic mass is 35.5. The second-order valence-corrected chi connectivity index (χ2v) is 14.9. The van der Waals surface area contributed by atoms with Gasteiger partial charge in [0.15, 0.2) is 0 Å². The number of esters is 1. The number of nitrogens with one attached hydrogen (secondary N) is 1. The van der Waals surface area contributed by atoms with Gasteiger partial charge in [-0.15, -0.1) is 0 Å². The Bertz CT molecular complexity index is 1780. The lowest BCUT2D eigenvalue weighted by molar-refractivity contribution is -0.158. The van der Waals surface area contributed by atoms with Crippen molar-refractivity contribution in [2.45, 2.75) is 69.9 Å². The van der Waals surface area contributed by atoms with Gasteiger partial charge in [-0.1, -0.05) is 78.3 Å². The van der Waals surface area contributed by atoms with Gasteiger partial charge in [0, 0.05) is 36.4 Å². The van der Waals surface area contributed by atoms with Gasteiger partial charge in [-0.3, -0.25) is 14.6 Å². The predicted octanol–water partition coefficient (Wildman–Crippen LogP) is 7.77. The SMILES string of the molecule is CC(C)(C)OC(=O)C[C@@H](Cc1cccnc1)C(=O)N1CCC[C@](Cc2ccc(Cl)cc2)(NC(=O)OCC2c3ccccc3-c3ccccc32)C1. The molecule has 2 atom stereocenters. The third kappa shape index (κ3) is 8.53. The first-order valence-electron chi connectivity index (χ1n) is 17.3. The van der Waals surface area contributed by atoms with Crippen LogP contribution in [-0.2, 0) is 31.9 Å². The number of nitrogens with zero attached hydrogens (tertiary/aromatic N) is 2. The Labute approximate surface area is 299 Å². The third-order valence-electron chi connectivity index (χ3n) is 9.44. The summed E-state index contributed by atoms with van der Waals surface area (Å²) in [6.07, 6.45) is 4.91. The quantitative estimate of drug-likeness (QED) is 0.171. The van der Waals surface area contributed by atoms with Crippen molar-refractivity contribution >= 4 is 29.6 Å². The van der Waals surface area contributed by atoms with Crippen LogP contribution >= 0.6 is 11.6 Å². The summed E-state index contributed by atoms with van der Waals surface area (Å²) in [6, 6.07) is 27.7. The van der Waals surface area contributed by atoms with Gasteiger partial charge in [-0.25, -0.2) is 4.79 Å². The molecule has 0 radical (unpaired) electrons. The maximum absolute atomic E-state index is 14.3. The van der Waals surface area contributed by atoms with Crippen LogP contribution in [0.15, 0.2) is 97.3 Å². The maximum Gasteiger partial charge on any atom is 0.407 e. The molecule has 1 N–H and O–H groups in total. The lowest BCUT2D eigenvalue weighted by Crippen LogP contribution is -2.61. The molecule has 2 amide bonds. The molecule has 1 aliphatic carbocycles. The predicted molar refractivity (Wildman–Crippen MR) is 194 cm³/mol. The molecule has 2 aliphatic rings. The average Bonchev–Trinajstić information content (AvgIpc) is 3.41. The van der Waals surface area contributed by atoms with Crippen LogP contribution < -0.4 is 5.32 Å². The molecule has 9 heteroatoms. The highest BCUT2D eigenvalue weighted by Crippen LogP contribution is 2.44. The van der Waals surface area contributed by atoms with E-state index in [-0.39, 0.29) is 31.4 Å². The first-order chi connectivity index (χ1) is 24.0. The number of fused-ring (bicyclic) bond motifs is 3. The largest absolute Gasteiger partial charge is 0.460 e. The number of likely N-dealkylation sites (tertiary alicyclic amines) is 1. The monoisotopic (exact) mass is 693 g/mol. The molecule has 50 heavy (non-hydrogen) atoms. The normalized spacial score (nSPS) is 17.7. The number of benzene rings is 3. The van der Waals surface area contributed by atoms with Crippen LogP contribution in [0.4, 0.5) is 4.79 Å². The van der Waals surface area contributed by atoms with Crippen molar-refractivity contribution in [3.8, 4) is 11.1 Å². The summed E-state index contributed by atoms with van der Waals surface area (Å²) in [5.41, 5.74) is 4.93. The molecule has 3 aromatic carbocycles. The topological polar surface area (TPSA) is 97.8 Å². The van der Waals surface area contributed by atoms with Crippen molar-refractivity contribution in [1.29, 1.82) is 0 Å². The minimum absolute atomic E-state index is 0.0640. The lowest BCUT2D eigenvalue weighted by Gasteiger charge is -2.44. The van der Waals surface area contributed by atoms with Crippen LogP contribution in [0, 0.1) is 5.92 Å². The van der Waals surface area contributed by atoms with Crippen molar-refractivity contribution in [2.24, 2.45) is 5.92 Å². The average molecular weight is 694 g/mol. The van der Waals surface area contributed by atoms with Crippen LogP contribution in [0.1, 0.15) is 68.2 Å². The van der Waals surface area contributed by atoms with Gasteiger partial charge in [0.25, 0.3) is 0 Å². The fourth-order valence-electron chi connectivity index (χ4n) is 7.35. The van der Waals surface area contributed by atoms with Gasteiger partial charge < -0.3 is 19.7 Å². The van der Waals surface area contributed by atoms with Crippen molar-refractivity contribution < 1.29 is 23.9 Å². The van der Waals surface area contributed by atoms with E-state index in [0.717, 1.165) is 33.4 Å². The first-order valence-corrected chi connectivity index (χ1v) is 17.6. The van der Waals surface area contributed by atoms with Gasteiger partial charge >= 0.3 is 12.1 Å². The number of carbonyl (C=O) groups is 3. The van der Waals surface area contributed by atoms with E-state index in [9.17, 15) is 14.4 Å². The van der Waals surface area contributed by atoms with Gasteiger partial charge in [-0.05, 0) is 98.0 Å².